The van der Waals surface area contributed by atoms with Crippen LogP contribution in [-0.4, -0.2) is 28.1 Å². The van der Waals surface area contributed by atoms with Gasteiger partial charge in [0.15, 0.2) is 0 Å². The Bertz CT molecular complexity index is 256. The first-order valence-electron chi connectivity index (χ1n) is 5.35. The van der Waals surface area contributed by atoms with Crippen LogP contribution in [0.3, 0.4) is 0 Å². The monoisotopic (exact) mass is 246 g/mol. The summed E-state index contributed by atoms with van der Waals surface area (Å²) < 4.78 is 9.48. The quantitative estimate of drug-likeness (QED) is 0.424. The van der Waals surface area contributed by atoms with Gasteiger partial charge in [-0.2, -0.15) is 0 Å². The molecule has 0 bridgehead atoms. The largest absolute Gasteiger partial charge is 0.507 e. The summed E-state index contributed by atoms with van der Waals surface area (Å²) in [6, 6.07) is 0.925. The Labute approximate surface area is 97.4 Å². The predicted molar refractivity (Wildman–Crippen MR) is 61.2 cm³/mol. The van der Waals surface area contributed by atoms with Crippen LogP contribution in [0, 0.1) is 0 Å². The molecule has 7 heteroatoms. The van der Waals surface area contributed by atoms with E-state index >= 15 is 0 Å². The smallest absolute Gasteiger partial charge is 0.452 e. The highest BCUT2D eigenvalue weighted by atomic mass is 28.2. The Kier molecular flexibility index (Phi) is 8.32. The normalized spacial score (nSPS) is 11.5. The van der Waals surface area contributed by atoms with Crippen molar-refractivity contribution >= 4 is 21.9 Å². The third-order valence-corrected chi connectivity index (χ3v) is 2.76. The minimum atomic E-state index is -0.873. The molecular formula is C9H18N2O4Si. The number of hydrogen-bond acceptors (Lipinski definition) is 4. The van der Waals surface area contributed by atoms with E-state index in [1.165, 1.54) is 0 Å². The van der Waals surface area contributed by atoms with Crippen molar-refractivity contribution in [3.8, 4) is 0 Å². The first-order valence-corrected chi connectivity index (χ1v) is 6.93. The van der Waals surface area contributed by atoms with Gasteiger partial charge in [0.1, 0.15) is 0 Å². The van der Waals surface area contributed by atoms with E-state index in [0.717, 1.165) is 18.9 Å². The molecule has 0 aromatic rings. The Morgan fingerprint density at radius 3 is 2.44 bits per heavy atom. The van der Waals surface area contributed by atoms with Crippen LogP contribution in [-0.2, 0) is 9.16 Å². The molecule has 0 aromatic carbocycles. The van der Waals surface area contributed by atoms with Crippen molar-refractivity contribution < 1.29 is 18.8 Å². The van der Waals surface area contributed by atoms with Crippen molar-refractivity contribution in [3.05, 3.63) is 0 Å². The molecule has 0 radical (unpaired) electrons. The van der Waals surface area contributed by atoms with Crippen molar-refractivity contribution in [1.29, 1.82) is 0 Å². The maximum absolute atomic E-state index is 10.9. The summed E-state index contributed by atoms with van der Waals surface area (Å²) in [6.45, 7) is 5.44. The second kappa shape index (κ2) is 9.02. The van der Waals surface area contributed by atoms with Crippen LogP contribution in [0.15, 0.2) is 10.2 Å². The number of carbonyl (C=O) groups is 2. The zero-order valence-electron chi connectivity index (χ0n) is 9.93. The summed E-state index contributed by atoms with van der Waals surface area (Å²) in [5.41, 5.74) is 0. The van der Waals surface area contributed by atoms with E-state index in [1.54, 1.807) is 13.8 Å². The zero-order valence-corrected chi connectivity index (χ0v) is 11.3. The molecule has 92 valence electrons. The zero-order chi connectivity index (χ0) is 12.4. The van der Waals surface area contributed by atoms with Crippen LogP contribution in [0.1, 0.15) is 33.6 Å². The molecule has 16 heavy (non-hydrogen) atoms. The number of unbranched alkanes of at least 4 members (excludes halogenated alkanes) is 1. The second-order valence-corrected chi connectivity index (χ2v) is 4.86. The van der Waals surface area contributed by atoms with Gasteiger partial charge in [-0.1, -0.05) is 30.0 Å². The Hall–Kier alpha value is -1.24. The standard InChI is InChI=1S/C9H18N2O4Si/c1-4-5-6-16-15-9(13)11-10-8(12)14-7(2)3/h7H,4-6,16H2,1-3H3/b11-10+. The fraction of sp³-hybridized carbons (Fsp3) is 0.778. The molecule has 0 saturated heterocycles. The maximum Gasteiger partial charge on any atom is 0.452 e. The molecule has 0 unspecified atom stereocenters. The van der Waals surface area contributed by atoms with E-state index < -0.39 is 21.9 Å². The van der Waals surface area contributed by atoms with Crippen LogP contribution in [0.25, 0.3) is 0 Å². The van der Waals surface area contributed by atoms with Crippen molar-refractivity contribution in [2.24, 2.45) is 10.2 Å². The van der Waals surface area contributed by atoms with E-state index in [2.05, 4.69) is 21.9 Å². The van der Waals surface area contributed by atoms with Gasteiger partial charge in [-0.3, -0.25) is 0 Å². The predicted octanol–water partition coefficient (Wildman–Crippen LogP) is 2.42. The van der Waals surface area contributed by atoms with Crippen molar-refractivity contribution in [1.82, 2.24) is 0 Å². The SMILES string of the molecule is CCCC[SiH2]OC(=O)/N=N/C(=O)OC(C)C. The average molecular weight is 246 g/mol. The summed E-state index contributed by atoms with van der Waals surface area (Å²) in [5.74, 6) is 0. The number of nitrogens with zero attached hydrogens (tertiary/aromatic N) is 2. The summed E-state index contributed by atoms with van der Waals surface area (Å²) in [6.07, 6.45) is 0.172. The Balaban J connectivity index is 3.69. The second-order valence-electron chi connectivity index (χ2n) is 3.45. The molecule has 0 heterocycles. The molecule has 0 fully saturated rings. The van der Waals surface area contributed by atoms with E-state index in [0.29, 0.717) is 0 Å². The first kappa shape index (κ1) is 14.8. The minimum Gasteiger partial charge on any atom is -0.507 e. The van der Waals surface area contributed by atoms with E-state index in [4.69, 9.17) is 4.43 Å². The molecule has 0 atom stereocenters. The van der Waals surface area contributed by atoms with Crippen LogP contribution < -0.4 is 0 Å². The highest BCUT2D eigenvalue weighted by molar-refractivity contribution is 6.30. The average Bonchev–Trinajstić information content (AvgIpc) is 2.20. The minimum absolute atomic E-state index is 0.276. The fourth-order valence-corrected chi connectivity index (χ4v) is 1.93. The molecule has 0 aliphatic heterocycles. The summed E-state index contributed by atoms with van der Waals surface area (Å²) in [7, 11) is -0.869. The van der Waals surface area contributed by atoms with Gasteiger partial charge in [-0.15, -0.1) is 0 Å². The van der Waals surface area contributed by atoms with Gasteiger partial charge < -0.3 is 9.16 Å². The van der Waals surface area contributed by atoms with Gasteiger partial charge in [0.25, 0.3) is 0 Å². The molecule has 0 aromatic heterocycles. The Morgan fingerprint density at radius 2 is 1.88 bits per heavy atom. The molecule has 6 nitrogen and oxygen atoms in total. The van der Waals surface area contributed by atoms with E-state index in [1.807, 2.05) is 0 Å². The molecule has 0 saturated carbocycles. The van der Waals surface area contributed by atoms with Crippen molar-refractivity contribution in [2.75, 3.05) is 0 Å². The Morgan fingerprint density at radius 1 is 1.25 bits per heavy atom. The highest BCUT2D eigenvalue weighted by Gasteiger charge is 2.05. The van der Waals surface area contributed by atoms with Crippen LogP contribution in [0.2, 0.25) is 6.04 Å². The van der Waals surface area contributed by atoms with Gasteiger partial charge >= 0.3 is 12.2 Å². The lowest BCUT2D eigenvalue weighted by molar-refractivity contribution is 0.123. The molecule has 0 aliphatic carbocycles. The summed E-state index contributed by atoms with van der Waals surface area (Å²) in [4.78, 5) is 21.8. The molecular weight excluding hydrogens is 228 g/mol. The summed E-state index contributed by atoms with van der Waals surface area (Å²) >= 11 is 0. The van der Waals surface area contributed by atoms with Crippen molar-refractivity contribution in [3.63, 3.8) is 0 Å². The first-order chi connectivity index (χ1) is 7.56. The van der Waals surface area contributed by atoms with E-state index in [-0.39, 0.29) is 6.10 Å². The van der Waals surface area contributed by atoms with Gasteiger partial charge in [0, 0.05) is 0 Å². The lowest BCUT2D eigenvalue weighted by Crippen LogP contribution is -2.08. The topological polar surface area (TPSA) is 77.3 Å². The summed E-state index contributed by atoms with van der Waals surface area (Å²) in [5, 5.41) is 6.17. The third-order valence-electron chi connectivity index (χ3n) is 1.52. The molecule has 0 spiro atoms. The van der Waals surface area contributed by atoms with E-state index in [9.17, 15) is 9.59 Å². The highest BCUT2D eigenvalue weighted by Crippen LogP contribution is 1.97. The van der Waals surface area contributed by atoms with Gasteiger partial charge in [-0.05, 0) is 19.9 Å². The third kappa shape index (κ3) is 9.32. The maximum atomic E-state index is 10.9. The fourth-order valence-electron chi connectivity index (χ4n) is 0.847. The van der Waals surface area contributed by atoms with Gasteiger partial charge in [0.05, 0.1) is 6.10 Å². The number of carbonyl (C=O) groups excluding carboxylic acids is 2. The molecule has 2 amide bonds. The lowest BCUT2D eigenvalue weighted by atomic mass is 10.4. The van der Waals surface area contributed by atoms with Crippen LogP contribution in [0.5, 0.6) is 0 Å². The molecule has 0 N–H and O–H groups in total. The molecule has 0 rings (SSSR count). The van der Waals surface area contributed by atoms with Crippen LogP contribution >= 0.6 is 0 Å². The van der Waals surface area contributed by atoms with Gasteiger partial charge in [-0.25, -0.2) is 9.59 Å². The van der Waals surface area contributed by atoms with Crippen molar-refractivity contribution in [2.45, 2.75) is 45.8 Å². The van der Waals surface area contributed by atoms with Gasteiger partial charge in [0.2, 0.25) is 9.76 Å². The number of amides is 2. The number of azo groups is 1. The molecule has 0 aliphatic rings. The lowest BCUT2D eigenvalue weighted by Gasteiger charge is -2.02. The number of rotatable bonds is 5. The number of ether oxygens (including phenoxy) is 1. The number of hydrogen-bond donors (Lipinski definition) is 0. The van der Waals surface area contributed by atoms with Crippen LogP contribution in [0.4, 0.5) is 9.59 Å².